The van der Waals surface area contributed by atoms with Gasteiger partial charge in [0.05, 0.1) is 0 Å². The Morgan fingerprint density at radius 3 is 2.42 bits per heavy atom. The molecule has 0 aromatic carbocycles. The van der Waals surface area contributed by atoms with Crippen molar-refractivity contribution < 1.29 is 22.8 Å². The number of hydrogen-bond donors (Lipinski definition) is 0. The molecule has 0 spiro atoms. The Bertz CT molecular complexity index is 367. The third-order valence-corrected chi connectivity index (χ3v) is 4.12. The number of alkyl halides is 3. The third kappa shape index (κ3) is 3.09. The molecule has 1 aliphatic carbocycles. The average molecular weight is 277 g/mol. The maximum absolute atomic E-state index is 12.6. The number of piperidine rings is 1. The second-order valence-corrected chi connectivity index (χ2v) is 5.38. The summed E-state index contributed by atoms with van der Waals surface area (Å²) in [6.45, 7) is 0.118. The van der Waals surface area contributed by atoms with Crippen LogP contribution in [0.2, 0.25) is 0 Å². The smallest absolute Gasteiger partial charge is 0.331 e. The summed E-state index contributed by atoms with van der Waals surface area (Å²) in [5.74, 6) is -2.14. The van der Waals surface area contributed by atoms with Gasteiger partial charge < -0.3 is 4.90 Å². The van der Waals surface area contributed by atoms with Gasteiger partial charge in [0.25, 0.3) is 0 Å². The molecule has 1 heterocycles. The predicted molar refractivity (Wildman–Crippen MR) is 62.4 cm³/mol. The van der Waals surface area contributed by atoms with E-state index in [2.05, 4.69) is 0 Å². The van der Waals surface area contributed by atoms with Crippen molar-refractivity contribution in [3.8, 4) is 0 Å². The molecule has 1 saturated carbocycles. The maximum atomic E-state index is 12.6. The highest BCUT2D eigenvalue weighted by Crippen LogP contribution is 2.34. The molecular formula is C13H18F3NO2. The molecule has 0 bridgehead atoms. The zero-order valence-corrected chi connectivity index (χ0v) is 10.7. The lowest BCUT2D eigenvalue weighted by molar-refractivity contribution is -0.190. The molecule has 2 rings (SSSR count). The summed E-state index contributed by atoms with van der Waals surface area (Å²) in [6, 6.07) is -0.546. The standard InChI is InChI=1S/C13H18F3NO2/c14-13(15,16)12(19)17-8-4-3-6-10(17)9-5-1-2-7-11(9)18/h9-10H,1-8H2. The van der Waals surface area contributed by atoms with Crippen molar-refractivity contribution >= 4 is 11.7 Å². The van der Waals surface area contributed by atoms with Crippen LogP contribution in [-0.4, -0.2) is 35.4 Å². The van der Waals surface area contributed by atoms with Crippen molar-refractivity contribution in [1.29, 1.82) is 0 Å². The second kappa shape index (κ2) is 5.51. The summed E-state index contributed by atoms with van der Waals surface area (Å²) in [5.41, 5.74) is 0. The largest absolute Gasteiger partial charge is 0.471 e. The van der Waals surface area contributed by atoms with E-state index in [0.29, 0.717) is 25.7 Å². The van der Waals surface area contributed by atoms with E-state index < -0.39 is 18.1 Å². The molecule has 2 aliphatic rings. The normalized spacial score (nSPS) is 29.4. The Kier molecular flexibility index (Phi) is 4.16. The molecule has 2 fully saturated rings. The van der Waals surface area contributed by atoms with Crippen LogP contribution in [0.3, 0.4) is 0 Å². The maximum Gasteiger partial charge on any atom is 0.471 e. The number of likely N-dealkylation sites (tertiary alicyclic amines) is 1. The fraction of sp³-hybridized carbons (Fsp3) is 0.846. The Hall–Kier alpha value is -1.07. The Morgan fingerprint density at radius 2 is 1.79 bits per heavy atom. The van der Waals surface area contributed by atoms with Gasteiger partial charge >= 0.3 is 12.1 Å². The molecule has 0 N–H and O–H groups in total. The molecule has 2 atom stereocenters. The van der Waals surface area contributed by atoms with Crippen molar-refractivity contribution in [1.82, 2.24) is 4.90 Å². The number of halogens is 3. The highest BCUT2D eigenvalue weighted by Gasteiger charge is 2.47. The van der Waals surface area contributed by atoms with Crippen LogP contribution in [0, 0.1) is 5.92 Å². The van der Waals surface area contributed by atoms with Gasteiger partial charge in [-0.25, -0.2) is 0 Å². The Balaban J connectivity index is 2.15. The minimum Gasteiger partial charge on any atom is -0.331 e. The van der Waals surface area contributed by atoms with E-state index >= 15 is 0 Å². The quantitative estimate of drug-likeness (QED) is 0.739. The number of amides is 1. The third-order valence-electron chi connectivity index (χ3n) is 4.12. The molecule has 108 valence electrons. The number of Topliss-reactive ketones (excluding diaryl/α,β-unsaturated/α-hetero) is 1. The number of ketones is 1. The van der Waals surface area contributed by atoms with Gasteiger partial charge in [0.2, 0.25) is 0 Å². The van der Waals surface area contributed by atoms with E-state index in [1.807, 2.05) is 0 Å². The summed E-state index contributed by atoms with van der Waals surface area (Å²) < 4.78 is 37.8. The number of carbonyl (C=O) groups excluding carboxylic acids is 2. The lowest BCUT2D eigenvalue weighted by Gasteiger charge is -2.41. The first-order valence-electron chi connectivity index (χ1n) is 6.82. The molecule has 19 heavy (non-hydrogen) atoms. The second-order valence-electron chi connectivity index (χ2n) is 5.38. The molecule has 2 unspecified atom stereocenters. The van der Waals surface area contributed by atoms with E-state index in [1.165, 1.54) is 0 Å². The fourth-order valence-electron chi connectivity index (χ4n) is 3.21. The van der Waals surface area contributed by atoms with Gasteiger partial charge in [0, 0.05) is 24.9 Å². The summed E-state index contributed by atoms with van der Waals surface area (Å²) in [4.78, 5) is 24.3. The van der Waals surface area contributed by atoms with Crippen LogP contribution >= 0.6 is 0 Å². The van der Waals surface area contributed by atoms with E-state index in [-0.39, 0.29) is 18.2 Å². The average Bonchev–Trinajstić information content (AvgIpc) is 2.37. The fourth-order valence-corrected chi connectivity index (χ4v) is 3.21. The van der Waals surface area contributed by atoms with Gasteiger partial charge in [0.15, 0.2) is 0 Å². The van der Waals surface area contributed by atoms with Gasteiger partial charge in [0.1, 0.15) is 5.78 Å². The topological polar surface area (TPSA) is 37.4 Å². The van der Waals surface area contributed by atoms with Gasteiger partial charge in [-0.05, 0) is 32.1 Å². The summed E-state index contributed by atoms with van der Waals surface area (Å²) in [6.07, 6.45) is -0.225. The lowest BCUT2D eigenvalue weighted by Crippen LogP contribution is -2.54. The van der Waals surface area contributed by atoms with E-state index in [0.717, 1.165) is 24.2 Å². The Labute approximate surface area is 110 Å². The van der Waals surface area contributed by atoms with Crippen LogP contribution in [0.25, 0.3) is 0 Å². The minimum atomic E-state index is -4.84. The van der Waals surface area contributed by atoms with Crippen LogP contribution in [0.5, 0.6) is 0 Å². The van der Waals surface area contributed by atoms with Crippen LogP contribution < -0.4 is 0 Å². The SMILES string of the molecule is O=C1CCCCC1C1CCCCN1C(=O)C(F)(F)F. The molecule has 3 nitrogen and oxygen atoms in total. The summed E-state index contributed by atoms with van der Waals surface area (Å²) in [5, 5.41) is 0. The molecule has 6 heteroatoms. The molecule has 0 aromatic heterocycles. The van der Waals surface area contributed by atoms with Crippen molar-refractivity contribution in [2.45, 2.75) is 57.2 Å². The van der Waals surface area contributed by atoms with Gasteiger partial charge in [-0.15, -0.1) is 0 Å². The first kappa shape index (κ1) is 14.3. The minimum absolute atomic E-state index is 0.0260. The molecule has 1 amide bonds. The zero-order valence-electron chi connectivity index (χ0n) is 10.7. The first-order valence-corrected chi connectivity index (χ1v) is 6.82. The van der Waals surface area contributed by atoms with Crippen molar-refractivity contribution in [3.63, 3.8) is 0 Å². The number of hydrogen-bond acceptors (Lipinski definition) is 2. The molecule has 1 saturated heterocycles. The van der Waals surface area contributed by atoms with Gasteiger partial charge in [-0.2, -0.15) is 13.2 Å². The van der Waals surface area contributed by atoms with E-state index in [9.17, 15) is 22.8 Å². The van der Waals surface area contributed by atoms with Crippen molar-refractivity contribution in [3.05, 3.63) is 0 Å². The molecule has 1 aliphatic heterocycles. The highest BCUT2D eigenvalue weighted by atomic mass is 19.4. The van der Waals surface area contributed by atoms with Crippen LogP contribution in [0.4, 0.5) is 13.2 Å². The van der Waals surface area contributed by atoms with E-state index in [1.54, 1.807) is 0 Å². The Morgan fingerprint density at radius 1 is 1.11 bits per heavy atom. The summed E-state index contributed by atoms with van der Waals surface area (Å²) >= 11 is 0. The van der Waals surface area contributed by atoms with Gasteiger partial charge in [-0.3, -0.25) is 9.59 Å². The highest BCUT2D eigenvalue weighted by molar-refractivity contribution is 5.85. The number of rotatable bonds is 1. The zero-order chi connectivity index (χ0) is 14.0. The van der Waals surface area contributed by atoms with Crippen molar-refractivity contribution in [2.75, 3.05) is 6.54 Å². The first-order chi connectivity index (χ1) is 8.91. The molecule has 0 radical (unpaired) electrons. The van der Waals surface area contributed by atoms with E-state index in [4.69, 9.17) is 0 Å². The summed E-state index contributed by atoms with van der Waals surface area (Å²) in [7, 11) is 0. The number of carbonyl (C=O) groups is 2. The molecule has 0 aromatic rings. The monoisotopic (exact) mass is 277 g/mol. The van der Waals surface area contributed by atoms with Crippen molar-refractivity contribution in [2.24, 2.45) is 5.92 Å². The van der Waals surface area contributed by atoms with Crippen LogP contribution in [-0.2, 0) is 9.59 Å². The number of nitrogens with zero attached hydrogens (tertiary/aromatic N) is 1. The molecular weight excluding hydrogens is 259 g/mol. The van der Waals surface area contributed by atoms with Gasteiger partial charge in [-0.1, -0.05) is 6.42 Å². The predicted octanol–water partition coefficient (Wildman–Crippen LogP) is 2.69. The van der Waals surface area contributed by atoms with Crippen LogP contribution in [0.1, 0.15) is 44.9 Å². The van der Waals surface area contributed by atoms with Crippen LogP contribution in [0.15, 0.2) is 0 Å². The lowest BCUT2D eigenvalue weighted by atomic mass is 9.79.